The van der Waals surface area contributed by atoms with E-state index in [0.717, 1.165) is 25.7 Å². The predicted molar refractivity (Wildman–Crippen MR) is 75.0 cm³/mol. The van der Waals surface area contributed by atoms with Gasteiger partial charge in [0.25, 0.3) is 10.2 Å². The van der Waals surface area contributed by atoms with Crippen LogP contribution in [0.2, 0.25) is 0 Å². The molecular formula is C13H26N2O3S. The minimum atomic E-state index is -3.31. The van der Waals surface area contributed by atoms with Gasteiger partial charge in [0.1, 0.15) is 0 Å². The first-order valence-electron chi connectivity index (χ1n) is 7.45. The highest BCUT2D eigenvalue weighted by Crippen LogP contribution is 2.28. The third kappa shape index (κ3) is 3.48. The van der Waals surface area contributed by atoms with Crippen molar-refractivity contribution < 1.29 is 13.5 Å². The number of piperidine rings is 1. The van der Waals surface area contributed by atoms with Crippen LogP contribution in [0.3, 0.4) is 0 Å². The average Bonchev–Trinajstić information content (AvgIpc) is 2.68. The molecule has 5 nitrogen and oxygen atoms in total. The predicted octanol–water partition coefficient (Wildman–Crippen LogP) is 1.34. The van der Waals surface area contributed by atoms with Gasteiger partial charge in [0.15, 0.2) is 0 Å². The van der Waals surface area contributed by atoms with Crippen molar-refractivity contribution in [1.29, 1.82) is 0 Å². The van der Waals surface area contributed by atoms with Crippen LogP contribution >= 0.6 is 0 Å². The third-order valence-electron chi connectivity index (χ3n) is 4.53. The van der Waals surface area contributed by atoms with Gasteiger partial charge in [-0.3, -0.25) is 0 Å². The van der Waals surface area contributed by atoms with Crippen molar-refractivity contribution in [1.82, 2.24) is 8.61 Å². The molecule has 0 aromatic heterocycles. The highest BCUT2D eigenvalue weighted by molar-refractivity contribution is 7.86. The molecule has 0 aliphatic carbocycles. The summed E-state index contributed by atoms with van der Waals surface area (Å²) in [7, 11) is -3.31. The van der Waals surface area contributed by atoms with Crippen LogP contribution in [0.4, 0.5) is 0 Å². The second-order valence-electron chi connectivity index (χ2n) is 5.80. The molecular weight excluding hydrogens is 264 g/mol. The summed E-state index contributed by atoms with van der Waals surface area (Å²) >= 11 is 0. The van der Waals surface area contributed by atoms with Crippen molar-refractivity contribution in [2.24, 2.45) is 0 Å². The molecule has 1 N–H and O–H groups in total. The Morgan fingerprint density at radius 2 is 1.42 bits per heavy atom. The van der Waals surface area contributed by atoms with Gasteiger partial charge < -0.3 is 5.11 Å². The van der Waals surface area contributed by atoms with Crippen LogP contribution in [0, 0.1) is 0 Å². The van der Waals surface area contributed by atoms with Crippen LogP contribution in [0.15, 0.2) is 0 Å². The van der Waals surface area contributed by atoms with E-state index in [1.54, 1.807) is 8.61 Å². The van der Waals surface area contributed by atoms with E-state index >= 15 is 0 Å². The summed E-state index contributed by atoms with van der Waals surface area (Å²) in [5.41, 5.74) is -0.662. The summed E-state index contributed by atoms with van der Waals surface area (Å²) in [6, 6.07) is 0. The standard InChI is InChI=1S/C13H26N2O3S/c1-2-13(16)7-11-15(12-8-13)19(17,18)14-9-5-3-4-6-10-14/h16H,2-12H2,1H3. The summed E-state index contributed by atoms with van der Waals surface area (Å²) in [6.07, 6.45) is 5.99. The topological polar surface area (TPSA) is 60.9 Å². The van der Waals surface area contributed by atoms with Gasteiger partial charge in [-0.05, 0) is 32.1 Å². The molecule has 112 valence electrons. The van der Waals surface area contributed by atoms with E-state index in [2.05, 4.69) is 0 Å². The molecule has 0 aromatic carbocycles. The summed E-state index contributed by atoms with van der Waals surface area (Å²) in [5.74, 6) is 0. The Labute approximate surface area is 116 Å². The van der Waals surface area contributed by atoms with Crippen molar-refractivity contribution in [3.8, 4) is 0 Å². The van der Waals surface area contributed by atoms with Gasteiger partial charge in [0.2, 0.25) is 0 Å². The minimum Gasteiger partial charge on any atom is -0.390 e. The molecule has 0 bridgehead atoms. The van der Waals surface area contributed by atoms with Gasteiger partial charge in [-0.15, -0.1) is 0 Å². The van der Waals surface area contributed by atoms with Crippen molar-refractivity contribution in [3.63, 3.8) is 0 Å². The van der Waals surface area contributed by atoms with Gasteiger partial charge in [-0.25, -0.2) is 0 Å². The van der Waals surface area contributed by atoms with Gasteiger partial charge in [-0.1, -0.05) is 19.8 Å². The van der Waals surface area contributed by atoms with Gasteiger partial charge in [0.05, 0.1) is 5.60 Å². The fourth-order valence-electron chi connectivity index (χ4n) is 2.92. The maximum atomic E-state index is 12.6. The fraction of sp³-hybridized carbons (Fsp3) is 1.00. The molecule has 2 aliphatic heterocycles. The summed E-state index contributed by atoms with van der Waals surface area (Å²) in [5, 5.41) is 10.2. The third-order valence-corrected chi connectivity index (χ3v) is 6.56. The number of hydrogen-bond donors (Lipinski definition) is 1. The van der Waals surface area contributed by atoms with Crippen LogP contribution in [-0.2, 0) is 10.2 Å². The first-order chi connectivity index (χ1) is 8.98. The molecule has 2 rings (SSSR count). The van der Waals surface area contributed by atoms with E-state index < -0.39 is 15.8 Å². The van der Waals surface area contributed by atoms with Crippen molar-refractivity contribution >= 4 is 10.2 Å². The summed E-state index contributed by atoms with van der Waals surface area (Å²) in [4.78, 5) is 0. The molecule has 2 heterocycles. The molecule has 0 atom stereocenters. The summed E-state index contributed by atoms with van der Waals surface area (Å²) in [6.45, 7) is 4.15. The number of nitrogens with zero attached hydrogens (tertiary/aromatic N) is 2. The largest absolute Gasteiger partial charge is 0.390 e. The van der Waals surface area contributed by atoms with Crippen LogP contribution in [0.25, 0.3) is 0 Å². The van der Waals surface area contributed by atoms with E-state index in [9.17, 15) is 13.5 Å². The van der Waals surface area contributed by atoms with Crippen LogP contribution < -0.4 is 0 Å². The number of hydrogen-bond acceptors (Lipinski definition) is 3. The Morgan fingerprint density at radius 3 is 1.89 bits per heavy atom. The molecule has 6 heteroatoms. The molecule has 19 heavy (non-hydrogen) atoms. The van der Waals surface area contributed by atoms with Gasteiger partial charge in [0, 0.05) is 26.2 Å². The lowest BCUT2D eigenvalue weighted by Gasteiger charge is -2.38. The lowest BCUT2D eigenvalue weighted by atomic mass is 9.90. The Kier molecular flexibility index (Phi) is 4.87. The van der Waals surface area contributed by atoms with Gasteiger partial charge in [-0.2, -0.15) is 17.0 Å². The molecule has 0 radical (unpaired) electrons. The monoisotopic (exact) mass is 290 g/mol. The van der Waals surface area contributed by atoms with Crippen molar-refractivity contribution in [2.75, 3.05) is 26.2 Å². The molecule has 0 spiro atoms. The highest BCUT2D eigenvalue weighted by Gasteiger charge is 2.37. The van der Waals surface area contributed by atoms with Crippen LogP contribution in [0.5, 0.6) is 0 Å². The SMILES string of the molecule is CCC1(O)CCN(S(=O)(=O)N2CCCCCC2)CC1. The zero-order chi connectivity index (χ0) is 13.9. The second kappa shape index (κ2) is 6.08. The number of rotatable bonds is 3. The maximum Gasteiger partial charge on any atom is 0.281 e. The zero-order valence-corrected chi connectivity index (χ0v) is 12.7. The molecule has 2 fully saturated rings. The van der Waals surface area contributed by atoms with E-state index in [4.69, 9.17) is 0 Å². The van der Waals surface area contributed by atoms with E-state index in [-0.39, 0.29) is 0 Å². The Hall–Kier alpha value is -0.170. The maximum absolute atomic E-state index is 12.6. The van der Waals surface area contributed by atoms with E-state index in [0.29, 0.717) is 45.4 Å². The van der Waals surface area contributed by atoms with Crippen molar-refractivity contribution in [2.45, 2.75) is 57.5 Å². The van der Waals surface area contributed by atoms with Crippen molar-refractivity contribution in [3.05, 3.63) is 0 Å². The molecule has 2 aliphatic rings. The molecule has 0 amide bonds. The Morgan fingerprint density at radius 1 is 0.947 bits per heavy atom. The quantitative estimate of drug-likeness (QED) is 0.853. The van der Waals surface area contributed by atoms with E-state index in [1.807, 2.05) is 6.92 Å². The molecule has 0 saturated carbocycles. The highest BCUT2D eigenvalue weighted by atomic mass is 32.2. The van der Waals surface area contributed by atoms with Crippen LogP contribution in [0.1, 0.15) is 51.9 Å². The van der Waals surface area contributed by atoms with Crippen LogP contribution in [-0.4, -0.2) is 53.9 Å². The lowest BCUT2D eigenvalue weighted by molar-refractivity contribution is -0.00891. The summed E-state index contributed by atoms with van der Waals surface area (Å²) < 4.78 is 28.3. The zero-order valence-electron chi connectivity index (χ0n) is 11.8. The Bertz CT molecular complexity index is 381. The normalized spacial score (nSPS) is 27.1. The second-order valence-corrected chi connectivity index (χ2v) is 7.73. The molecule has 2 saturated heterocycles. The van der Waals surface area contributed by atoms with Gasteiger partial charge >= 0.3 is 0 Å². The minimum absolute atomic E-state index is 0.448. The fourth-order valence-corrected chi connectivity index (χ4v) is 4.61. The lowest BCUT2D eigenvalue weighted by Crippen LogP contribution is -2.51. The first-order valence-corrected chi connectivity index (χ1v) is 8.85. The molecule has 0 aromatic rings. The smallest absolute Gasteiger partial charge is 0.281 e. The average molecular weight is 290 g/mol. The number of aliphatic hydroxyl groups is 1. The molecule has 0 unspecified atom stereocenters. The van der Waals surface area contributed by atoms with E-state index in [1.165, 1.54) is 0 Å². The Balaban J connectivity index is 2.00. The first kappa shape index (κ1) is 15.2.